The normalized spacial score (nSPS) is 11.8. The molecule has 0 spiro atoms. The Morgan fingerprint density at radius 2 is 2.31 bits per heavy atom. The van der Waals surface area contributed by atoms with Gasteiger partial charge in [-0.15, -0.1) is 0 Å². The van der Waals surface area contributed by atoms with Gasteiger partial charge in [0.25, 0.3) is 0 Å². The summed E-state index contributed by atoms with van der Waals surface area (Å²) in [5.74, 6) is -0.0260. The van der Waals surface area contributed by atoms with Crippen molar-refractivity contribution in [1.82, 2.24) is 0 Å². The van der Waals surface area contributed by atoms with Gasteiger partial charge in [0.05, 0.1) is 5.84 Å². The van der Waals surface area contributed by atoms with Crippen LogP contribution in [0.5, 0.6) is 0 Å². The minimum atomic E-state index is -0.416. The van der Waals surface area contributed by atoms with Gasteiger partial charge in [-0.2, -0.15) is 0 Å². The van der Waals surface area contributed by atoms with Crippen LogP contribution in [0.1, 0.15) is 13.3 Å². The molecule has 0 amide bonds. The molecule has 1 aromatic rings. The van der Waals surface area contributed by atoms with Crippen LogP contribution in [0.25, 0.3) is 0 Å². The van der Waals surface area contributed by atoms with Crippen LogP contribution in [0.15, 0.2) is 23.2 Å². The first-order valence-electron chi connectivity index (χ1n) is 3.91. The minimum absolute atomic E-state index is 0.187. The summed E-state index contributed by atoms with van der Waals surface area (Å²) in [7, 11) is 0. The molecule has 0 atom stereocenters. The lowest BCUT2D eigenvalue weighted by molar-refractivity contribution is 0.630. The zero-order valence-electron chi connectivity index (χ0n) is 7.22. The van der Waals surface area contributed by atoms with E-state index in [1.165, 1.54) is 18.2 Å². The number of aliphatic imine (C=N–C) groups is 1. The van der Waals surface area contributed by atoms with Gasteiger partial charge in [0.15, 0.2) is 0 Å². The van der Waals surface area contributed by atoms with Gasteiger partial charge in [-0.25, -0.2) is 9.38 Å². The van der Waals surface area contributed by atoms with E-state index in [0.717, 1.165) is 0 Å². The van der Waals surface area contributed by atoms with Crippen molar-refractivity contribution in [3.8, 4) is 0 Å². The van der Waals surface area contributed by atoms with Crippen molar-refractivity contribution < 1.29 is 4.39 Å². The van der Waals surface area contributed by atoms with Crippen molar-refractivity contribution in [1.29, 1.82) is 0 Å². The second-order valence-electron chi connectivity index (χ2n) is 2.55. The van der Waals surface area contributed by atoms with E-state index in [4.69, 9.17) is 17.3 Å². The predicted octanol–water partition coefficient (Wildman–Crippen LogP) is 2.88. The highest BCUT2D eigenvalue weighted by Crippen LogP contribution is 2.22. The van der Waals surface area contributed by atoms with E-state index in [2.05, 4.69) is 4.99 Å². The maximum atomic E-state index is 13.0. The van der Waals surface area contributed by atoms with Crippen LogP contribution in [0.2, 0.25) is 5.02 Å². The monoisotopic (exact) mass is 200 g/mol. The number of hydrogen-bond acceptors (Lipinski definition) is 1. The van der Waals surface area contributed by atoms with E-state index < -0.39 is 5.82 Å². The average Bonchev–Trinajstić information content (AvgIpc) is 2.11. The fourth-order valence-electron chi connectivity index (χ4n) is 0.805. The van der Waals surface area contributed by atoms with Crippen molar-refractivity contribution in [3.63, 3.8) is 0 Å². The van der Waals surface area contributed by atoms with Gasteiger partial charge in [-0.3, -0.25) is 0 Å². The van der Waals surface area contributed by atoms with Crippen LogP contribution in [0.4, 0.5) is 10.1 Å². The van der Waals surface area contributed by atoms with Gasteiger partial charge in [-0.05, 0) is 18.2 Å². The summed E-state index contributed by atoms with van der Waals surface area (Å²) >= 11 is 5.67. The highest BCUT2D eigenvalue weighted by atomic mass is 35.5. The Labute approximate surface area is 81.2 Å². The van der Waals surface area contributed by atoms with Crippen molar-refractivity contribution >= 4 is 23.1 Å². The lowest BCUT2D eigenvalue weighted by Gasteiger charge is -1.99. The van der Waals surface area contributed by atoms with Gasteiger partial charge in [-0.1, -0.05) is 18.5 Å². The highest BCUT2D eigenvalue weighted by molar-refractivity contribution is 6.30. The van der Waals surface area contributed by atoms with Gasteiger partial charge < -0.3 is 5.73 Å². The Morgan fingerprint density at radius 3 is 2.92 bits per heavy atom. The molecule has 0 fully saturated rings. The lowest BCUT2D eigenvalue weighted by atomic mass is 10.3. The number of hydrogen-bond donors (Lipinski definition) is 1. The zero-order chi connectivity index (χ0) is 9.84. The predicted molar refractivity (Wildman–Crippen MR) is 53.0 cm³/mol. The van der Waals surface area contributed by atoms with E-state index in [-0.39, 0.29) is 5.69 Å². The van der Waals surface area contributed by atoms with Crippen LogP contribution < -0.4 is 5.73 Å². The lowest BCUT2D eigenvalue weighted by Crippen LogP contribution is -2.08. The summed E-state index contributed by atoms with van der Waals surface area (Å²) in [6, 6.07) is 4.18. The van der Waals surface area contributed by atoms with Crippen molar-refractivity contribution in [3.05, 3.63) is 29.0 Å². The summed E-state index contributed by atoms with van der Waals surface area (Å²) in [4.78, 5) is 3.87. The molecule has 0 aliphatic rings. The van der Waals surface area contributed by atoms with Crippen molar-refractivity contribution in [2.45, 2.75) is 13.3 Å². The zero-order valence-corrected chi connectivity index (χ0v) is 7.98. The molecule has 13 heavy (non-hydrogen) atoms. The second kappa shape index (κ2) is 4.23. The van der Waals surface area contributed by atoms with Crippen LogP contribution in [-0.2, 0) is 0 Å². The number of amidine groups is 1. The molecule has 0 saturated heterocycles. The average molecular weight is 201 g/mol. The van der Waals surface area contributed by atoms with E-state index in [1.54, 1.807) is 0 Å². The first kappa shape index (κ1) is 9.99. The molecule has 0 aromatic heterocycles. The van der Waals surface area contributed by atoms with Gasteiger partial charge in [0.1, 0.15) is 11.5 Å². The summed E-state index contributed by atoms with van der Waals surface area (Å²) in [5.41, 5.74) is 5.65. The molecule has 0 unspecified atom stereocenters. The van der Waals surface area contributed by atoms with Crippen molar-refractivity contribution in [2.75, 3.05) is 0 Å². The smallest absolute Gasteiger partial charge is 0.148 e. The molecular formula is C9H10ClFN2. The standard InChI is InChI=1S/C9H10ClFN2/c1-2-9(12)13-8-5-6(10)3-4-7(8)11/h3-5H,2H2,1H3,(H2,12,13). The molecule has 0 aliphatic heterocycles. The van der Waals surface area contributed by atoms with Gasteiger partial charge in [0, 0.05) is 11.4 Å². The topological polar surface area (TPSA) is 38.4 Å². The SMILES string of the molecule is CCC(N)=Nc1cc(Cl)ccc1F. The number of nitrogens with two attached hydrogens (primary N) is 1. The molecule has 2 N–H and O–H groups in total. The summed E-state index contributed by atoms with van der Waals surface area (Å²) < 4.78 is 13.0. The van der Waals surface area contributed by atoms with Crippen LogP contribution in [0, 0.1) is 5.82 Å². The van der Waals surface area contributed by atoms with E-state index in [0.29, 0.717) is 17.3 Å². The maximum Gasteiger partial charge on any atom is 0.148 e. The largest absolute Gasteiger partial charge is 0.387 e. The third kappa shape index (κ3) is 2.70. The van der Waals surface area contributed by atoms with Gasteiger partial charge in [0.2, 0.25) is 0 Å². The molecule has 1 aromatic carbocycles. The molecule has 0 aliphatic carbocycles. The number of rotatable bonds is 2. The molecule has 0 radical (unpaired) electrons. The summed E-state index contributed by atoms with van der Waals surface area (Å²) in [6.45, 7) is 1.85. The molecule has 0 saturated carbocycles. The van der Waals surface area contributed by atoms with Crippen molar-refractivity contribution in [2.24, 2.45) is 10.7 Å². The third-order valence-electron chi connectivity index (χ3n) is 1.53. The fraction of sp³-hybridized carbons (Fsp3) is 0.222. The number of halogens is 2. The minimum Gasteiger partial charge on any atom is -0.387 e. The first-order chi connectivity index (χ1) is 6.13. The first-order valence-corrected chi connectivity index (χ1v) is 4.29. The van der Waals surface area contributed by atoms with Gasteiger partial charge >= 0.3 is 0 Å². The Morgan fingerprint density at radius 1 is 1.62 bits per heavy atom. The highest BCUT2D eigenvalue weighted by Gasteiger charge is 2.01. The molecule has 0 heterocycles. The third-order valence-corrected chi connectivity index (χ3v) is 1.77. The molecule has 70 valence electrons. The molecule has 2 nitrogen and oxygen atoms in total. The van der Waals surface area contributed by atoms with E-state index >= 15 is 0 Å². The summed E-state index contributed by atoms with van der Waals surface area (Å²) in [6.07, 6.45) is 0.589. The maximum absolute atomic E-state index is 13.0. The summed E-state index contributed by atoms with van der Waals surface area (Å²) in [5, 5.41) is 0.448. The Bertz CT molecular complexity index is 336. The molecular weight excluding hydrogens is 191 g/mol. The Hall–Kier alpha value is -1.09. The number of nitrogens with zero attached hydrogens (tertiary/aromatic N) is 1. The van der Waals surface area contributed by atoms with Crippen LogP contribution in [0.3, 0.4) is 0 Å². The second-order valence-corrected chi connectivity index (χ2v) is 2.99. The quantitative estimate of drug-likeness (QED) is 0.579. The Kier molecular flexibility index (Phi) is 3.25. The molecule has 4 heteroatoms. The molecule has 0 bridgehead atoms. The Balaban J connectivity index is 3.07. The number of benzene rings is 1. The van der Waals surface area contributed by atoms with E-state index in [9.17, 15) is 4.39 Å². The fourth-order valence-corrected chi connectivity index (χ4v) is 0.972. The van der Waals surface area contributed by atoms with E-state index in [1.807, 2.05) is 6.92 Å². The van der Waals surface area contributed by atoms with Crippen LogP contribution >= 0.6 is 11.6 Å². The van der Waals surface area contributed by atoms with Crippen LogP contribution in [-0.4, -0.2) is 5.84 Å². The molecule has 1 rings (SSSR count).